The van der Waals surface area contributed by atoms with Crippen molar-refractivity contribution in [1.29, 1.82) is 0 Å². The molecule has 2 unspecified atom stereocenters. The molecule has 1 aliphatic rings. The van der Waals surface area contributed by atoms with E-state index in [4.69, 9.17) is 5.11 Å². The quantitative estimate of drug-likeness (QED) is 0.731. The van der Waals surface area contributed by atoms with Gasteiger partial charge in [0.15, 0.2) is 0 Å². The lowest BCUT2D eigenvalue weighted by Crippen LogP contribution is -2.26. The third-order valence-electron chi connectivity index (χ3n) is 3.55. The molecule has 1 fully saturated rings. The predicted octanol–water partition coefficient (Wildman–Crippen LogP) is 2.18. The lowest BCUT2D eigenvalue weighted by atomic mass is 9.82. The van der Waals surface area contributed by atoms with E-state index >= 15 is 0 Å². The molecule has 1 aliphatic carbocycles. The fraction of sp³-hybridized carbons (Fsp3) is 0.909. The van der Waals surface area contributed by atoms with Gasteiger partial charge in [0.25, 0.3) is 0 Å². The van der Waals surface area contributed by atoms with Gasteiger partial charge in [0, 0.05) is 6.42 Å². The van der Waals surface area contributed by atoms with E-state index < -0.39 is 11.6 Å². The molecule has 0 spiro atoms. The van der Waals surface area contributed by atoms with Crippen LogP contribution in [0.25, 0.3) is 0 Å². The van der Waals surface area contributed by atoms with Crippen LogP contribution < -0.4 is 0 Å². The summed E-state index contributed by atoms with van der Waals surface area (Å²) in [7, 11) is 0. The summed E-state index contributed by atoms with van der Waals surface area (Å²) in [4.78, 5) is 10.5. The number of hydrogen-bond acceptors (Lipinski definition) is 2. The summed E-state index contributed by atoms with van der Waals surface area (Å²) < 4.78 is 0. The Bertz CT molecular complexity index is 227. The second kappa shape index (κ2) is 3.89. The monoisotopic (exact) mass is 200 g/mol. The van der Waals surface area contributed by atoms with Gasteiger partial charge in [-0.15, -0.1) is 0 Å². The maximum Gasteiger partial charge on any atom is 0.303 e. The first-order chi connectivity index (χ1) is 6.39. The summed E-state index contributed by atoms with van der Waals surface area (Å²) >= 11 is 0. The molecule has 82 valence electrons. The molecule has 3 nitrogen and oxygen atoms in total. The van der Waals surface area contributed by atoms with E-state index in [1.165, 1.54) is 0 Å². The molecule has 0 aliphatic heterocycles. The molecule has 0 radical (unpaired) electrons. The van der Waals surface area contributed by atoms with Crippen molar-refractivity contribution in [1.82, 2.24) is 0 Å². The highest BCUT2D eigenvalue weighted by atomic mass is 16.4. The summed E-state index contributed by atoms with van der Waals surface area (Å²) in [5, 5.41) is 18.7. The minimum absolute atomic E-state index is 0.0309. The van der Waals surface area contributed by atoms with E-state index in [-0.39, 0.29) is 11.8 Å². The number of hydrogen-bond donors (Lipinski definition) is 2. The Morgan fingerprint density at radius 1 is 1.43 bits per heavy atom. The van der Waals surface area contributed by atoms with Gasteiger partial charge in [-0.3, -0.25) is 4.79 Å². The largest absolute Gasteiger partial charge is 0.481 e. The van der Waals surface area contributed by atoms with Crippen molar-refractivity contribution in [3.05, 3.63) is 0 Å². The van der Waals surface area contributed by atoms with Crippen molar-refractivity contribution < 1.29 is 15.0 Å². The molecule has 2 atom stereocenters. The Hall–Kier alpha value is -0.570. The minimum atomic E-state index is -0.738. The smallest absolute Gasteiger partial charge is 0.303 e. The zero-order chi connectivity index (χ0) is 10.8. The number of aliphatic hydroxyl groups is 1. The van der Waals surface area contributed by atoms with E-state index in [0.29, 0.717) is 6.42 Å². The van der Waals surface area contributed by atoms with Crippen LogP contribution in [0.1, 0.15) is 52.4 Å². The summed E-state index contributed by atoms with van der Waals surface area (Å²) in [6.45, 7) is 4.08. The zero-order valence-corrected chi connectivity index (χ0v) is 9.05. The first kappa shape index (κ1) is 11.5. The molecule has 1 rings (SSSR count). The van der Waals surface area contributed by atoms with Gasteiger partial charge in [-0.25, -0.2) is 0 Å². The van der Waals surface area contributed by atoms with Crippen molar-refractivity contribution >= 4 is 5.97 Å². The fourth-order valence-electron chi connectivity index (χ4n) is 2.43. The number of carboxylic acid groups (broad SMARTS) is 1. The van der Waals surface area contributed by atoms with E-state index in [9.17, 15) is 9.90 Å². The van der Waals surface area contributed by atoms with Gasteiger partial charge in [0.05, 0.1) is 5.60 Å². The number of carbonyl (C=O) groups is 1. The van der Waals surface area contributed by atoms with E-state index in [1.807, 2.05) is 6.92 Å². The number of carboxylic acids is 1. The van der Waals surface area contributed by atoms with Crippen LogP contribution in [0.15, 0.2) is 0 Å². The van der Waals surface area contributed by atoms with Crippen LogP contribution in [-0.2, 0) is 4.79 Å². The van der Waals surface area contributed by atoms with E-state index in [1.54, 1.807) is 0 Å². The molecule has 0 bridgehead atoms. The van der Waals surface area contributed by atoms with Crippen LogP contribution in [0.2, 0.25) is 0 Å². The summed E-state index contributed by atoms with van der Waals surface area (Å²) in [6, 6.07) is 0. The highest BCUT2D eigenvalue weighted by molar-refractivity contribution is 5.66. The van der Waals surface area contributed by atoms with E-state index in [0.717, 1.165) is 25.7 Å². The lowest BCUT2D eigenvalue weighted by molar-refractivity contribution is -0.137. The molecule has 0 aromatic carbocycles. The molecule has 0 saturated heterocycles. The van der Waals surface area contributed by atoms with Crippen LogP contribution in [0.4, 0.5) is 0 Å². The third kappa shape index (κ3) is 2.71. The van der Waals surface area contributed by atoms with Crippen LogP contribution in [0.3, 0.4) is 0 Å². The highest BCUT2D eigenvalue weighted by Gasteiger charge is 2.42. The third-order valence-corrected chi connectivity index (χ3v) is 3.55. The minimum Gasteiger partial charge on any atom is -0.481 e. The van der Waals surface area contributed by atoms with Crippen LogP contribution in [-0.4, -0.2) is 21.8 Å². The van der Waals surface area contributed by atoms with Gasteiger partial charge >= 0.3 is 5.97 Å². The second-order valence-corrected chi connectivity index (χ2v) is 4.96. The van der Waals surface area contributed by atoms with Gasteiger partial charge in [-0.05, 0) is 37.5 Å². The molecule has 3 heteroatoms. The molecular formula is C11H20O3. The molecule has 14 heavy (non-hydrogen) atoms. The molecular weight excluding hydrogens is 180 g/mol. The van der Waals surface area contributed by atoms with Crippen LogP contribution in [0.5, 0.6) is 0 Å². The molecule has 1 saturated carbocycles. The summed E-state index contributed by atoms with van der Waals surface area (Å²) in [6.07, 6.45) is 4.20. The Labute approximate surface area is 85.1 Å². The standard InChI is InChI=1S/C11H20O3/c1-3-11(14)7-6-10(2,8-11)5-4-9(12)13/h14H,3-8H2,1-2H3,(H,12,13). The molecule has 0 aromatic rings. The van der Waals surface area contributed by atoms with Gasteiger partial charge in [0.2, 0.25) is 0 Å². The van der Waals surface area contributed by atoms with Gasteiger partial charge in [0.1, 0.15) is 0 Å². The maximum atomic E-state index is 10.5. The van der Waals surface area contributed by atoms with Crippen molar-refractivity contribution in [3.63, 3.8) is 0 Å². The van der Waals surface area contributed by atoms with Gasteiger partial charge < -0.3 is 10.2 Å². The fourth-order valence-corrected chi connectivity index (χ4v) is 2.43. The Kier molecular flexibility index (Phi) is 3.20. The van der Waals surface area contributed by atoms with Gasteiger partial charge in [-0.1, -0.05) is 13.8 Å². The van der Waals surface area contributed by atoms with Crippen molar-refractivity contribution in [2.75, 3.05) is 0 Å². The van der Waals surface area contributed by atoms with Crippen molar-refractivity contribution in [3.8, 4) is 0 Å². The van der Waals surface area contributed by atoms with E-state index in [2.05, 4.69) is 6.92 Å². The first-order valence-corrected chi connectivity index (χ1v) is 5.33. The lowest BCUT2D eigenvalue weighted by Gasteiger charge is -2.26. The Morgan fingerprint density at radius 2 is 2.07 bits per heavy atom. The molecule has 2 N–H and O–H groups in total. The average Bonchev–Trinajstić information content (AvgIpc) is 2.42. The second-order valence-electron chi connectivity index (χ2n) is 4.96. The average molecular weight is 200 g/mol. The van der Waals surface area contributed by atoms with Crippen molar-refractivity contribution in [2.45, 2.75) is 58.0 Å². The summed E-state index contributed by atoms with van der Waals surface area (Å²) in [5.74, 6) is -0.738. The maximum absolute atomic E-state index is 10.5. The highest BCUT2D eigenvalue weighted by Crippen LogP contribution is 2.48. The van der Waals surface area contributed by atoms with Crippen LogP contribution >= 0.6 is 0 Å². The predicted molar refractivity (Wildman–Crippen MR) is 54.1 cm³/mol. The van der Waals surface area contributed by atoms with Crippen molar-refractivity contribution in [2.24, 2.45) is 5.41 Å². The topological polar surface area (TPSA) is 57.5 Å². The molecule has 0 heterocycles. The Morgan fingerprint density at radius 3 is 2.50 bits per heavy atom. The van der Waals surface area contributed by atoms with Crippen LogP contribution in [0, 0.1) is 5.41 Å². The number of rotatable bonds is 4. The SMILES string of the molecule is CCC1(O)CCC(C)(CCC(=O)O)C1. The Balaban J connectivity index is 2.49. The zero-order valence-electron chi connectivity index (χ0n) is 9.05. The molecule has 0 amide bonds. The molecule has 0 aromatic heterocycles. The normalized spacial score (nSPS) is 37.4. The summed E-state index contributed by atoms with van der Waals surface area (Å²) in [5.41, 5.74) is -0.504. The van der Waals surface area contributed by atoms with Gasteiger partial charge in [-0.2, -0.15) is 0 Å². The first-order valence-electron chi connectivity index (χ1n) is 5.33. The number of aliphatic carboxylic acids is 1.